The minimum Gasteiger partial charge on any atom is -0.487 e. The Labute approximate surface area is 109 Å². The molecule has 3 heteroatoms. The minimum atomic E-state index is 0.148. The summed E-state index contributed by atoms with van der Waals surface area (Å²) in [6, 6.07) is 4.71. The molecule has 2 rings (SSSR count). The zero-order valence-corrected chi connectivity index (χ0v) is 11.9. The molecule has 18 heavy (non-hydrogen) atoms. The molecular weight excluding hydrogens is 226 g/mol. The molecule has 0 bridgehead atoms. The van der Waals surface area contributed by atoms with Crippen LogP contribution in [0.5, 0.6) is 5.75 Å². The van der Waals surface area contributed by atoms with Crippen molar-refractivity contribution in [2.75, 3.05) is 14.2 Å². The Kier molecular flexibility index (Phi) is 3.93. The van der Waals surface area contributed by atoms with E-state index in [9.17, 15) is 0 Å². The van der Waals surface area contributed by atoms with Gasteiger partial charge < -0.3 is 14.8 Å². The first-order valence-corrected chi connectivity index (χ1v) is 6.51. The number of aryl methyl sites for hydroxylation is 2. The summed E-state index contributed by atoms with van der Waals surface area (Å²) in [5.74, 6) is 0.995. The van der Waals surface area contributed by atoms with E-state index in [1.807, 2.05) is 7.05 Å². The molecule has 0 saturated heterocycles. The highest BCUT2D eigenvalue weighted by molar-refractivity contribution is 5.42. The number of likely N-dealkylation sites (N-methyl/N-ethyl adjacent to an activating group) is 1. The van der Waals surface area contributed by atoms with E-state index in [1.165, 1.54) is 16.7 Å². The van der Waals surface area contributed by atoms with E-state index in [-0.39, 0.29) is 12.2 Å². The largest absolute Gasteiger partial charge is 0.487 e. The highest BCUT2D eigenvalue weighted by atomic mass is 16.5. The summed E-state index contributed by atoms with van der Waals surface area (Å²) in [7, 11) is 3.72. The Hall–Kier alpha value is -1.06. The van der Waals surface area contributed by atoms with E-state index in [1.54, 1.807) is 7.11 Å². The van der Waals surface area contributed by atoms with Gasteiger partial charge in [-0.25, -0.2) is 0 Å². The lowest BCUT2D eigenvalue weighted by molar-refractivity contribution is -0.0871. The zero-order valence-electron chi connectivity index (χ0n) is 11.9. The normalized spacial score (nSPS) is 26.8. The molecule has 1 aromatic carbocycles. The summed E-state index contributed by atoms with van der Waals surface area (Å²) >= 11 is 0. The van der Waals surface area contributed by atoms with Gasteiger partial charge in [0.25, 0.3) is 0 Å². The van der Waals surface area contributed by atoms with Gasteiger partial charge in [-0.15, -0.1) is 0 Å². The van der Waals surface area contributed by atoms with E-state index in [0.717, 1.165) is 12.2 Å². The average Bonchev–Trinajstić information content (AvgIpc) is 2.30. The van der Waals surface area contributed by atoms with E-state index in [2.05, 4.69) is 38.2 Å². The Bertz CT molecular complexity index is 431. The van der Waals surface area contributed by atoms with Crippen LogP contribution in [0.25, 0.3) is 0 Å². The molecule has 3 unspecified atom stereocenters. The molecular formula is C15H23NO2. The standard InChI is InChI=1S/C15H23NO2/c1-9-6-10(2)11(3)13(7-9)18-14-8-12(16-4)15(14)17-5/h6-7,12,14-16H,8H2,1-5H3. The number of hydrogen-bond acceptors (Lipinski definition) is 3. The number of ether oxygens (including phenoxy) is 2. The lowest BCUT2D eigenvalue weighted by Crippen LogP contribution is -2.60. The van der Waals surface area contributed by atoms with Crippen LogP contribution >= 0.6 is 0 Å². The van der Waals surface area contributed by atoms with Crippen molar-refractivity contribution in [2.45, 2.75) is 45.4 Å². The summed E-state index contributed by atoms with van der Waals surface area (Å²) in [4.78, 5) is 0. The van der Waals surface area contributed by atoms with Gasteiger partial charge in [0.05, 0.1) is 0 Å². The van der Waals surface area contributed by atoms with Gasteiger partial charge in [0, 0.05) is 19.6 Å². The quantitative estimate of drug-likeness (QED) is 0.888. The van der Waals surface area contributed by atoms with Crippen LogP contribution in [0.2, 0.25) is 0 Å². The molecule has 1 saturated carbocycles. The van der Waals surface area contributed by atoms with Gasteiger partial charge in [-0.1, -0.05) is 6.07 Å². The molecule has 1 aliphatic carbocycles. The third-order valence-corrected chi connectivity index (χ3v) is 3.93. The van der Waals surface area contributed by atoms with Crippen molar-refractivity contribution in [3.8, 4) is 5.75 Å². The highest BCUT2D eigenvalue weighted by Gasteiger charge is 2.42. The second-order valence-corrected chi connectivity index (χ2v) is 5.19. The first-order valence-electron chi connectivity index (χ1n) is 6.51. The van der Waals surface area contributed by atoms with E-state index >= 15 is 0 Å². The van der Waals surface area contributed by atoms with Crippen molar-refractivity contribution >= 4 is 0 Å². The van der Waals surface area contributed by atoms with Gasteiger partial charge in [-0.3, -0.25) is 0 Å². The fraction of sp³-hybridized carbons (Fsp3) is 0.600. The van der Waals surface area contributed by atoms with Gasteiger partial charge in [-0.05, 0) is 50.6 Å². The first kappa shape index (κ1) is 13.4. The maximum absolute atomic E-state index is 6.11. The van der Waals surface area contributed by atoms with Gasteiger partial charge >= 0.3 is 0 Å². The molecule has 3 nitrogen and oxygen atoms in total. The summed E-state index contributed by atoms with van der Waals surface area (Å²) in [5, 5.41) is 3.25. The van der Waals surface area contributed by atoms with Crippen molar-refractivity contribution in [1.29, 1.82) is 0 Å². The van der Waals surface area contributed by atoms with Crippen molar-refractivity contribution in [3.05, 3.63) is 28.8 Å². The molecule has 3 atom stereocenters. The third kappa shape index (κ3) is 2.38. The Balaban J connectivity index is 2.11. The lowest BCUT2D eigenvalue weighted by atomic mass is 9.85. The van der Waals surface area contributed by atoms with Crippen LogP contribution in [-0.2, 0) is 4.74 Å². The number of rotatable bonds is 4. The van der Waals surface area contributed by atoms with Crippen LogP contribution < -0.4 is 10.1 Å². The molecule has 0 heterocycles. The van der Waals surface area contributed by atoms with Crippen LogP contribution in [0.15, 0.2) is 12.1 Å². The lowest BCUT2D eigenvalue weighted by Gasteiger charge is -2.43. The fourth-order valence-corrected chi connectivity index (χ4v) is 2.58. The predicted octanol–water partition coefficient (Wildman–Crippen LogP) is 2.37. The molecule has 1 fully saturated rings. The zero-order chi connectivity index (χ0) is 13.3. The Morgan fingerprint density at radius 3 is 2.56 bits per heavy atom. The predicted molar refractivity (Wildman–Crippen MR) is 73.3 cm³/mol. The molecule has 0 amide bonds. The molecule has 0 radical (unpaired) electrons. The summed E-state index contributed by atoms with van der Waals surface area (Å²) in [6.45, 7) is 6.34. The Morgan fingerprint density at radius 1 is 1.22 bits per heavy atom. The van der Waals surface area contributed by atoms with Crippen molar-refractivity contribution < 1.29 is 9.47 Å². The van der Waals surface area contributed by atoms with E-state index in [0.29, 0.717) is 6.04 Å². The second kappa shape index (κ2) is 5.29. The Morgan fingerprint density at radius 2 is 1.94 bits per heavy atom. The molecule has 0 aliphatic heterocycles. The fourth-order valence-electron chi connectivity index (χ4n) is 2.58. The highest BCUT2D eigenvalue weighted by Crippen LogP contribution is 2.31. The summed E-state index contributed by atoms with van der Waals surface area (Å²) < 4.78 is 11.6. The second-order valence-electron chi connectivity index (χ2n) is 5.19. The number of methoxy groups -OCH3 is 1. The van der Waals surface area contributed by atoms with Crippen LogP contribution in [-0.4, -0.2) is 32.4 Å². The summed E-state index contributed by atoms with van der Waals surface area (Å²) in [6.07, 6.45) is 1.31. The molecule has 1 aliphatic rings. The number of hydrogen-bond donors (Lipinski definition) is 1. The molecule has 1 N–H and O–H groups in total. The SMILES string of the molecule is CNC1CC(Oc2cc(C)cc(C)c2C)C1OC. The molecule has 100 valence electrons. The maximum Gasteiger partial charge on any atom is 0.128 e. The number of nitrogens with one attached hydrogen (secondary N) is 1. The smallest absolute Gasteiger partial charge is 0.128 e. The molecule has 0 spiro atoms. The minimum absolute atomic E-state index is 0.148. The average molecular weight is 249 g/mol. The van der Waals surface area contributed by atoms with Crippen molar-refractivity contribution in [2.24, 2.45) is 0 Å². The molecule has 1 aromatic rings. The third-order valence-electron chi connectivity index (χ3n) is 3.93. The monoisotopic (exact) mass is 249 g/mol. The topological polar surface area (TPSA) is 30.5 Å². The van der Waals surface area contributed by atoms with Crippen LogP contribution in [0.3, 0.4) is 0 Å². The van der Waals surface area contributed by atoms with Crippen LogP contribution in [0.4, 0.5) is 0 Å². The van der Waals surface area contributed by atoms with Crippen LogP contribution in [0, 0.1) is 20.8 Å². The first-order chi connectivity index (χ1) is 8.56. The molecule has 0 aromatic heterocycles. The van der Waals surface area contributed by atoms with Gasteiger partial charge in [-0.2, -0.15) is 0 Å². The number of benzene rings is 1. The van der Waals surface area contributed by atoms with Gasteiger partial charge in [0.1, 0.15) is 18.0 Å². The summed E-state index contributed by atoms with van der Waals surface area (Å²) in [5.41, 5.74) is 3.75. The van der Waals surface area contributed by atoms with E-state index in [4.69, 9.17) is 9.47 Å². The maximum atomic E-state index is 6.11. The van der Waals surface area contributed by atoms with Crippen molar-refractivity contribution in [3.63, 3.8) is 0 Å². The van der Waals surface area contributed by atoms with Gasteiger partial charge in [0.2, 0.25) is 0 Å². The van der Waals surface area contributed by atoms with E-state index < -0.39 is 0 Å². The van der Waals surface area contributed by atoms with Crippen molar-refractivity contribution in [1.82, 2.24) is 5.32 Å². The van der Waals surface area contributed by atoms with Gasteiger partial charge in [0.15, 0.2) is 0 Å². The van der Waals surface area contributed by atoms with Crippen LogP contribution in [0.1, 0.15) is 23.1 Å².